The molecule has 0 saturated carbocycles. The van der Waals surface area contributed by atoms with Crippen LogP contribution in [0.4, 0.5) is 0 Å². The maximum Gasteiger partial charge on any atom is 0.371 e. The molecule has 0 bridgehead atoms. The lowest BCUT2D eigenvalue weighted by Crippen LogP contribution is -2.34. The number of halogens is 2. The van der Waals surface area contributed by atoms with Crippen molar-refractivity contribution < 1.29 is 13.9 Å². The molecule has 1 rings (SSSR count). The van der Waals surface area contributed by atoms with Gasteiger partial charge in [0, 0.05) is 31.8 Å². The van der Waals surface area contributed by atoms with Crippen LogP contribution in [0.25, 0.3) is 0 Å². The summed E-state index contributed by atoms with van der Waals surface area (Å²) in [5.41, 5.74) is 0.861. The summed E-state index contributed by atoms with van der Waals surface area (Å²) in [4.78, 5) is 11.3. The highest BCUT2D eigenvalue weighted by atomic mass is 35.5. The van der Waals surface area contributed by atoms with Crippen molar-refractivity contribution in [1.29, 1.82) is 0 Å². The van der Waals surface area contributed by atoms with Crippen LogP contribution in [0.2, 0.25) is 0 Å². The molecule has 0 aliphatic carbocycles. The zero-order valence-corrected chi connectivity index (χ0v) is 14.2. The van der Waals surface area contributed by atoms with Crippen molar-refractivity contribution in [2.75, 3.05) is 24.8 Å². The minimum Gasteiger partial charge on any atom is -0.297 e. The van der Waals surface area contributed by atoms with Gasteiger partial charge in [0.05, 0.1) is 6.61 Å². The van der Waals surface area contributed by atoms with Crippen LogP contribution in [-0.4, -0.2) is 35.4 Å². The summed E-state index contributed by atoms with van der Waals surface area (Å²) in [5, 5.41) is 2.40. The van der Waals surface area contributed by atoms with E-state index in [4.69, 9.17) is 27.7 Å². The first kappa shape index (κ1) is 18.5. The Morgan fingerprint density at radius 3 is 2.29 bits per heavy atom. The van der Waals surface area contributed by atoms with Crippen LogP contribution >= 0.6 is 30.9 Å². The summed E-state index contributed by atoms with van der Waals surface area (Å²) in [6, 6.07) is 9.30. The molecule has 0 spiro atoms. The van der Waals surface area contributed by atoms with E-state index in [0.717, 1.165) is 5.56 Å². The Morgan fingerprint density at radius 2 is 1.81 bits per heavy atom. The number of hydrogen-bond donors (Lipinski definition) is 1. The number of rotatable bonds is 9. The molecule has 0 heterocycles. The lowest BCUT2D eigenvalue weighted by molar-refractivity contribution is -0.117. The minimum atomic E-state index is -3.52. The van der Waals surface area contributed by atoms with Crippen LogP contribution in [0.15, 0.2) is 30.3 Å². The standard InChI is InChI=1S/C13H19Cl2N2O3P/c1-12(18)16-21(19,17(9-7-14)10-8-15)20-11-13-5-3-2-4-6-13/h2-6H,7-11H2,1H3,(H,16,18,19). The predicted molar refractivity (Wildman–Crippen MR) is 85.7 cm³/mol. The molecule has 1 aromatic rings. The first-order valence-corrected chi connectivity index (χ1v) is 9.11. The Morgan fingerprint density at radius 1 is 1.24 bits per heavy atom. The van der Waals surface area contributed by atoms with Gasteiger partial charge >= 0.3 is 7.67 Å². The Labute approximate surface area is 135 Å². The molecule has 0 aliphatic heterocycles. The summed E-state index contributed by atoms with van der Waals surface area (Å²) in [6.45, 7) is 2.03. The third-order valence-corrected chi connectivity index (χ3v) is 5.16. The molecule has 8 heteroatoms. The Balaban J connectivity index is 2.85. The van der Waals surface area contributed by atoms with E-state index in [1.165, 1.54) is 11.6 Å². The summed E-state index contributed by atoms with van der Waals surface area (Å²) in [7, 11) is -3.52. The second-order valence-corrected chi connectivity index (χ2v) is 7.12. The van der Waals surface area contributed by atoms with Crippen LogP contribution < -0.4 is 5.09 Å². The molecule has 1 N–H and O–H groups in total. The van der Waals surface area contributed by atoms with Crippen molar-refractivity contribution in [3.8, 4) is 0 Å². The fourth-order valence-corrected chi connectivity index (χ4v) is 4.15. The summed E-state index contributed by atoms with van der Waals surface area (Å²) in [6.07, 6.45) is 0. The highest BCUT2D eigenvalue weighted by Gasteiger charge is 2.32. The Kier molecular flexibility index (Phi) is 8.30. The molecule has 0 fully saturated rings. The van der Waals surface area contributed by atoms with E-state index < -0.39 is 13.6 Å². The molecule has 118 valence electrons. The van der Waals surface area contributed by atoms with E-state index in [-0.39, 0.29) is 18.4 Å². The molecule has 1 atom stereocenters. The van der Waals surface area contributed by atoms with Crippen LogP contribution in [0, 0.1) is 0 Å². The lowest BCUT2D eigenvalue weighted by Gasteiger charge is -2.29. The van der Waals surface area contributed by atoms with Gasteiger partial charge in [0.25, 0.3) is 0 Å². The maximum absolute atomic E-state index is 12.9. The highest BCUT2D eigenvalue weighted by Crippen LogP contribution is 2.47. The van der Waals surface area contributed by atoms with Crippen LogP contribution in [0.5, 0.6) is 0 Å². The molecule has 21 heavy (non-hydrogen) atoms. The first-order valence-electron chi connectivity index (χ1n) is 6.46. The second-order valence-electron chi connectivity index (χ2n) is 4.28. The average Bonchev–Trinajstić information content (AvgIpc) is 2.45. The predicted octanol–water partition coefficient (Wildman–Crippen LogP) is 3.23. The zero-order valence-electron chi connectivity index (χ0n) is 11.8. The number of carbonyl (C=O) groups excluding carboxylic acids is 1. The molecule has 0 aromatic heterocycles. The van der Waals surface area contributed by atoms with Gasteiger partial charge in [-0.05, 0) is 5.56 Å². The van der Waals surface area contributed by atoms with E-state index in [2.05, 4.69) is 5.09 Å². The van der Waals surface area contributed by atoms with Gasteiger partial charge in [-0.1, -0.05) is 30.3 Å². The van der Waals surface area contributed by atoms with E-state index in [1.54, 1.807) is 0 Å². The molecular weight excluding hydrogens is 334 g/mol. The first-order chi connectivity index (χ1) is 10.0. The van der Waals surface area contributed by atoms with Gasteiger partial charge in [0.2, 0.25) is 5.91 Å². The van der Waals surface area contributed by atoms with Crippen molar-refractivity contribution in [3.05, 3.63) is 35.9 Å². The third kappa shape index (κ3) is 6.37. The van der Waals surface area contributed by atoms with E-state index in [1.807, 2.05) is 30.3 Å². The fourth-order valence-electron chi connectivity index (χ4n) is 1.69. The monoisotopic (exact) mass is 352 g/mol. The Bertz CT molecular complexity index is 482. The summed E-state index contributed by atoms with van der Waals surface area (Å²) in [5.74, 6) is 0.0881. The molecule has 1 unspecified atom stereocenters. The van der Waals surface area contributed by atoms with Gasteiger partial charge < -0.3 is 0 Å². The van der Waals surface area contributed by atoms with Crippen LogP contribution in [0.3, 0.4) is 0 Å². The molecule has 0 radical (unpaired) electrons. The number of nitrogens with zero attached hydrogens (tertiary/aromatic N) is 1. The van der Waals surface area contributed by atoms with Gasteiger partial charge in [-0.25, -0.2) is 9.24 Å². The SMILES string of the molecule is CC(=O)NP(=O)(OCc1ccccc1)N(CCCl)CCCl. The number of benzene rings is 1. The fraction of sp³-hybridized carbons (Fsp3) is 0.462. The third-order valence-electron chi connectivity index (χ3n) is 2.61. The van der Waals surface area contributed by atoms with Crippen molar-refractivity contribution in [1.82, 2.24) is 9.76 Å². The van der Waals surface area contributed by atoms with Crippen molar-refractivity contribution in [2.45, 2.75) is 13.5 Å². The van der Waals surface area contributed by atoms with Gasteiger partial charge in [-0.3, -0.25) is 14.4 Å². The molecule has 1 amide bonds. The molecule has 5 nitrogen and oxygen atoms in total. The molecular formula is C13H19Cl2N2O3P. The van der Waals surface area contributed by atoms with E-state index in [0.29, 0.717) is 13.1 Å². The zero-order chi connectivity index (χ0) is 15.7. The van der Waals surface area contributed by atoms with Gasteiger partial charge in [-0.2, -0.15) is 0 Å². The number of alkyl halides is 2. The molecule has 0 saturated heterocycles. The quantitative estimate of drug-likeness (QED) is 0.547. The second kappa shape index (κ2) is 9.44. The summed E-state index contributed by atoms with van der Waals surface area (Å²) >= 11 is 11.4. The van der Waals surface area contributed by atoms with Crippen LogP contribution in [-0.2, 0) is 20.5 Å². The Hall–Kier alpha value is -0.580. The van der Waals surface area contributed by atoms with Crippen molar-refractivity contribution in [2.24, 2.45) is 0 Å². The van der Waals surface area contributed by atoms with Crippen molar-refractivity contribution in [3.63, 3.8) is 0 Å². The number of carbonyl (C=O) groups is 1. The lowest BCUT2D eigenvalue weighted by atomic mass is 10.2. The van der Waals surface area contributed by atoms with Crippen LogP contribution in [0.1, 0.15) is 12.5 Å². The maximum atomic E-state index is 12.9. The highest BCUT2D eigenvalue weighted by molar-refractivity contribution is 7.55. The average molecular weight is 353 g/mol. The van der Waals surface area contributed by atoms with Crippen molar-refractivity contribution >= 4 is 36.8 Å². The number of nitrogens with one attached hydrogen (secondary N) is 1. The topological polar surface area (TPSA) is 58.6 Å². The number of amides is 1. The largest absolute Gasteiger partial charge is 0.371 e. The van der Waals surface area contributed by atoms with E-state index >= 15 is 0 Å². The van der Waals surface area contributed by atoms with Gasteiger partial charge in [-0.15, -0.1) is 23.2 Å². The summed E-state index contributed by atoms with van der Waals surface area (Å²) < 4.78 is 19.9. The smallest absolute Gasteiger partial charge is 0.297 e. The van der Waals surface area contributed by atoms with Gasteiger partial charge in [0.15, 0.2) is 0 Å². The van der Waals surface area contributed by atoms with E-state index in [9.17, 15) is 9.36 Å². The molecule has 0 aliphatic rings. The molecule has 1 aromatic carbocycles. The minimum absolute atomic E-state index is 0.124. The normalized spacial score (nSPS) is 13.9. The van der Waals surface area contributed by atoms with Gasteiger partial charge in [0.1, 0.15) is 0 Å². The number of hydrogen-bond acceptors (Lipinski definition) is 3.